The van der Waals surface area contributed by atoms with Crippen molar-refractivity contribution in [2.45, 2.75) is 117 Å². The molecule has 9 aromatic rings. The van der Waals surface area contributed by atoms with Gasteiger partial charge in [-0.3, -0.25) is 0 Å². The number of hydrogen-bond donors (Lipinski definition) is 0. The average molecular weight is 1220 g/mol. The number of rotatable bonds is 15. The molecule has 0 aliphatic carbocycles. The van der Waals surface area contributed by atoms with Gasteiger partial charge in [0, 0.05) is 0 Å². The van der Waals surface area contributed by atoms with Gasteiger partial charge in [-0.25, -0.2) is 0 Å². The van der Waals surface area contributed by atoms with Crippen molar-refractivity contribution < 1.29 is 0 Å². The monoisotopic (exact) mass is 1220 g/mol. The Hall–Kier alpha value is -4.43. The Bertz CT molecular complexity index is 3010. The molecule has 1 unspecified atom stereocenters. The van der Waals surface area contributed by atoms with Crippen LogP contribution in [-0.2, 0) is 0 Å². The SMILES string of the molecule is CC(C)(C)[Si](P[Si](C)(C)c1ccccc1)(c1ccccc1)c1ccccc1.CC(C)(C)[Si](P[Si](c1ccccc1)(c1ccccc1)C(C)(C)C)(c1ccccc1)c1ccccc1.C[Si](C)(P[Si](C)(C)c1ccccc1)c1ccccc1. The molecular formula is C72H93P3Si6. The molecule has 0 saturated carbocycles. The molecule has 0 nitrogen and oxygen atoms in total. The molecule has 0 heterocycles. The lowest BCUT2D eigenvalue weighted by Gasteiger charge is -2.53. The van der Waals surface area contributed by atoms with E-state index in [1.807, 2.05) is 0 Å². The van der Waals surface area contributed by atoms with Crippen LogP contribution in [0, 0.1) is 0 Å². The molecule has 0 N–H and O–H groups in total. The molecule has 1 atom stereocenters. The summed E-state index contributed by atoms with van der Waals surface area (Å²) < 4.78 is 0. The molecule has 0 spiro atoms. The maximum absolute atomic E-state index is 2.57. The highest BCUT2D eigenvalue weighted by Crippen LogP contribution is 2.57. The molecule has 0 bridgehead atoms. The van der Waals surface area contributed by atoms with Gasteiger partial charge in [-0.05, 0) is 46.2 Å². The third kappa shape index (κ3) is 14.7. The zero-order chi connectivity index (χ0) is 58.6. The normalized spacial score (nSPS) is 12.9. The quantitative estimate of drug-likeness (QED) is 0.0709. The zero-order valence-corrected chi connectivity index (χ0v) is 60.5. The van der Waals surface area contributed by atoms with E-state index in [0.717, 1.165) is 23.0 Å². The molecule has 9 rings (SSSR count). The molecule has 9 aromatic carbocycles. The molecule has 420 valence electrons. The van der Waals surface area contributed by atoms with Crippen LogP contribution in [0.1, 0.15) is 62.3 Å². The maximum atomic E-state index is 2.57. The molecule has 0 aromatic heterocycles. The number of benzene rings is 9. The Morgan fingerprint density at radius 1 is 0.185 bits per heavy atom. The second kappa shape index (κ2) is 27.1. The summed E-state index contributed by atoms with van der Waals surface area (Å²) in [6, 6.07) is 102. The second-order valence-electron chi connectivity index (χ2n) is 26.5. The smallest absolute Gasteiger partial charge is 0.135 e. The Labute approximate surface area is 502 Å². The second-order valence-corrected chi connectivity index (χ2v) is 78.2. The predicted octanol–water partition coefficient (Wildman–Crippen LogP) is 16.0. The maximum Gasteiger partial charge on any atom is 0.142 e. The highest BCUT2D eigenvalue weighted by molar-refractivity contribution is 8.14. The summed E-state index contributed by atoms with van der Waals surface area (Å²) in [7, 11) is -7.79. The van der Waals surface area contributed by atoms with E-state index in [1.54, 1.807) is 46.7 Å². The van der Waals surface area contributed by atoms with Crippen LogP contribution in [0.15, 0.2) is 273 Å². The first-order valence-corrected chi connectivity index (χ1v) is 53.2. The molecule has 0 radical (unpaired) electrons. The Morgan fingerprint density at radius 2 is 0.321 bits per heavy atom. The third-order valence-electron chi connectivity index (χ3n) is 16.6. The van der Waals surface area contributed by atoms with Gasteiger partial charge in [0.2, 0.25) is 0 Å². The Balaban J connectivity index is 0.000000183. The molecule has 0 fully saturated rings. The van der Waals surface area contributed by atoms with Crippen molar-refractivity contribution in [2.24, 2.45) is 0 Å². The van der Waals surface area contributed by atoms with Gasteiger partial charge in [-0.2, -0.15) is 0 Å². The van der Waals surface area contributed by atoms with Crippen LogP contribution >= 0.6 is 23.0 Å². The standard InChI is InChI=1S/C32H39PSi2.C24H31PSi2.C16H23PSi2/c1-31(2,3)34(27-19-11-7-12-20-27,28-21-13-8-14-22-28)33-35(32(4,5)6,29-23-15-9-16-24-29)30-25-17-10-18-26-30;1-24(2,3)27(22-17-11-7-12-18-22,23-19-13-8-14-20-23)25-26(4,5)21-15-9-6-10-16-21;1-18(2,15-11-7-5-8-12-15)17-19(3,4)16-13-9-6-10-14-16/h7-26,33H,1-6H3;6-20,25H,1-5H3;5-14,17H,1-4H3. The highest BCUT2D eigenvalue weighted by atomic mass is 31.6. The lowest BCUT2D eigenvalue weighted by molar-refractivity contribution is 0.741. The average Bonchev–Trinajstić information content (AvgIpc) is 3.58. The van der Waals surface area contributed by atoms with Crippen molar-refractivity contribution in [3.05, 3.63) is 273 Å². The third-order valence-corrected chi connectivity index (χ3v) is 89.4. The van der Waals surface area contributed by atoms with Crippen molar-refractivity contribution in [2.75, 3.05) is 0 Å². The van der Waals surface area contributed by atoms with Crippen molar-refractivity contribution >= 4 is 116 Å². The molecule has 9 heteroatoms. The topological polar surface area (TPSA) is 0 Å². The van der Waals surface area contributed by atoms with Crippen LogP contribution < -0.4 is 46.7 Å². The van der Waals surface area contributed by atoms with Crippen molar-refractivity contribution in [1.82, 2.24) is 0 Å². The van der Waals surface area contributed by atoms with Crippen molar-refractivity contribution in [3.63, 3.8) is 0 Å². The fourth-order valence-corrected chi connectivity index (χ4v) is 102. The van der Waals surface area contributed by atoms with Crippen LogP contribution in [0.4, 0.5) is 0 Å². The minimum Gasteiger partial charge on any atom is -0.135 e. The molecule has 0 amide bonds. The minimum absolute atomic E-state index is 0.140. The minimum atomic E-state index is -2.27. The van der Waals surface area contributed by atoms with Crippen LogP contribution in [0.2, 0.25) is 54.4 Å². The van der Waals surface area contributed by atoms with E-state index in [0.29, 0.717) is 0 Å². The summed E-state index contributed by atoms with van der Waals surface area (Å²) in [5, 5.41) is 14.7. The van der Waals surface area contributed by atoms with E-state index in [2.05, 4.69) is 375 Å². The fourth-order valence-electron chi connectivity index (χ4n) is 12.5. The van der Waals surface area contributed by atoms with E-state index >= 15 is 0 Å². The number of hydrogen-bond acceptors (Lipinski definition) is 0. The summed E-state index contributed by atoms with van der Waals surface area (Å²) in [5.41, 5.74) is 0. The summed E-state index contributed by atoms with van der Waals surface area (Å²) in [6.07, 6.45) is 0. The van der Waals surface area contributed by atoms with Crippen LogP contribution in [0.5, 0.6) is 0 Å². The van der Waals surface area contributed by atoms with Gasteiger partial charge in [-0.1, -0.05) is 390 Å². The largest absolute Gasteiger partial charge is 0.142 e. The fraction of sp³-hybridized carbons (Fsp3) is 0.250. The highest BCUT2D eigenvalue weighted by Gasteiger charge is 2.58. The zero-order valence-electron chi connectivity index (χ0n) is 51.5. The molecule has 0 saturated heterocycles. The van der Waals surface area contributed by atoms with E-state index in [4.69, 9.17) is 0 Å². The van der Waals surface area contributed by atoms with E-state index in [-0.39, 0.29) is 15.1 Å². The molecule has 0 aliphatic rings. The van der Waals surface area contributed by atoms with Gasteiger partial charge in [0.05, 0.1) is 0 Å². The van der Waals surface area contributed by atoms with Gasteiger partial charge in [0.1, 0.15) is 46.4 Å². The predicted molar refractivity (Wildman–Crippen MR) is 388 cm³/mol. The molecule has 0 aliphatic heterocycles. The lowest BCUT2D eigenvalue weighted by atomic mass is 10.2. The lowest BCUT2D eigenvalue weighted by Crippen LogP contribution is -2.70. The van der Waals surface area contributed by atoms with Crippen LogP contribution in [0.3, 0.4) is 0 Å². The summed E-state index contributed by atoms with van der Waals surface area (Å²) >= 11 is 0. The first kappa shape index (κ1) is 64.1. The van der Waals surface area contributed by atoms with Crippen LogP contribution in [-0.4, -0.2) is 46.4 Å². The molecular weight excluding hydrogens is 1130 g/mol. The first-order chi connectivity index (χ1) is 38.3. The van der Waals surface area contributed by atoms with Gasteiger partial charge in [0.15, 0.2) is 0 Å². The summed E-state index contributed by atoms with van der Waals surface area (Å²) in [4.78, 5) is 0. The Kier molecular flexibility index (Phi) is 21.4. The first-order valence-electron chi connectivity index (χ1n) is 29.2. The van der Waals surface area contributed by atoms with Crippen molar-refractivity contribution in [1.29, 1.82) is 0 Å². The van der Waals surface area contributed by atoms with E-state index < -0.39 is 46.4 Å². The van der Waals surface area contributed by atoms with Gasteiger partial charge in [-0.15, -0.1) is 23.0 Å². The molecule has 81 heavy (non-hydrogen) atoms. The Morgan fingerprint density at radius 3 is 0.481 bits per heavy atom. The van der Waals surface area contributed by atoms with Gasteiger partial charge in [0.25, 0.3) is 0 Å². The summed E-state index contributed by atoms with van der Waals surface area (Å²) in [6.45, 7) is 37.7. The van der Waals surface area contributed by atoms with Crippen LogP contribution in [0.25, 0.3) is 0 Å². The van der Waals surface area contributed by atoms with Gasteiger partial charge < -0.3 is 0 Å². The van der Waals surface area contributed by atoms with Crippen molar-refractivity contribution in [3.8, 4) is 0 Å². The van der Waals surface area contributed by atoms with E-state index in [9.17, 15) is 0 Å². The van der Waals surface area contributed by atoms with E-state index in [1.165, 1.54) is 0 Å². The summed E-state index contributed by atoms with van der Waals surface area (Å²) in [5.74, 6) is 0. The van der Waals surface area contributed by atoms with Gasteiger partial charge >= 0.3 is 0 Å².